The molecule has 3 N–H and O–H groups in total. The molecule has 0 saturated heterocycles. The highest BCUT2D eigenvalue weighted by molar-refractivity contribution is 5.93. The van der Waals surface area contributed by atoms with Crippen LogP contribution in [0, 0.1) is 6.92 Å². The van der Waals surface area contributed by atoms with Crippen LogP contribution in [0.4, 0.5) is 0 Å². The van der Waals surface area contributed by atoms with E-state index < -0.39 is 6.10 Å². The number of pyridine rings is 1. The third-order valence-corrected chi connectivity index (χ3v) is 6.51. The van der Waals surface area contributed by atoms with E-state index in [2.05, 4.69) is 27.8 Å². The number of hydrogen-bond acceptors (Lipinski definition) is 4. The fraction of sp³-hybridized carbons (Fsp3) is 0.400. The topological polar surface area (TPSA) is 95.7 Å². The number of rotatable bonds is 5. The van der Waals surface area contributed by atoms with Crippen molar-refractivity contribution in [3.63, 3.8) is 0 Å². The fourth-order valence-electron chi connectivity index (χ4n) is 4.72. The zero-order valence-electron chi connectivity index (χ0n) is 18.5. The molecule has 7 nitrogen and oxygen atoms in total. The van der Waals surface area contributed by atoms with Gasteiger partial charge < -0.3 is 20.1 Å². The molecule has 0 radical (unpaired) electrons. The highest BCUT2D eigenvalue weighted by Gasteiger charge is 2.38. The number of aryl methyl sites for hydroxylation is 1. The molecule has 7 heteroatoms. The van der Waals surface area contributed by atoms with Gasteiger partial charge in [0.2, 0.25) is 5.91 Å². The Labute approximate surface area is 187 Å². The van der Waals surface area contributed by atoms with Crippen LogP contribution in [-0.4, -0.2) is 45.0 Å². The number of fused-ring (bicyclic) bond motifs is 1. The van der Waals surface area contributed by atoms with Gasteiger partial charge in [0.25, 0.3) is 5.91 Å². The molecule has 0 spiro atoms. The molecule has 4 rings (SSSR count). The quantitative estimate of drug-likeness (QED) is 0.538. The van der Waals surface area contributed by atoms with Crippen LogP contribution in [0.3, 0.4) is 0 Å². The molecule has 0 unspecified atom stereocenters. The van der Waals surface area contributed by atoms with Gasteiger partial charge in [-0.1, -0.05) is 36.4 Å². The van der Waals surface area contributed by atoms with Crippen molar-refractivity contribution >= 4 is 17.5 Å². The molecule has 2 heterocycles. The minimum atomic E-state index is -0.609. The van der Waals surface area contributed by atoms with Crippen LogP contribution >= 0.6 is 0 Å². The van der Waals surface area contributed by atoms with Crippen LogP contribution < -0.4 is 10.6 Å². The molecular weight excluding hydrogens is 404 g/mol. The summed E-state index contributed by atoms with van der Waals surface area (Å²) in [4.78, 5) is 29.0. The summed E-state index contributed by atoms with van der Waals surface area (Å²) >= 11 is 0. The van der Waals surface area contributed by atoms with E-state index in [9.17, 15) is 14.7 Å². The lowest BCUT2D eigenvalue weighted by atomic mass is 9.74. The molecule has 2 aromatic heterocycles. The second kappa shape index (κ2) is 9.12. The first kappa shape index (κ1) is 22.0. The molecule has 168 valence electrons. The molecule has 3 atom stereocenters. The summed E-state index contributed by atoms with van der Waals surface area (Å²) < 4.78 is 1.86. The molecule has 1 aromatic carbocycles. The number of hydrogen-bond donors (Lipinski definition) is 3. The van der Waals surface area contributed by atoms with Crippen molar-refractivity contribution in [2.24, 2.45) is 0 Å². The Morgan fingerprint density at radius 1 is 1.12 bits per heavy atom. The first-order valence-corrected chi connectivity index (χ1v) is 11.1. The molecule has 1 aliphatic rings. The lowest BCUT2D eigenvalue weighted by molar-refractivity contribution is -0.120. The third-order valence-electron chi connectivity index (χ3n) is 6.51. The molecular formula is C25H30N4O3. The standard InChI is InChI=1S/C25H30N4O3/c1-17-8-9-23-28-21(15-29(23)14-17)24(32)26-16-25(19-6-4-3-5-7-19)12-10-20(27-18(2)30)22(31)11-13-25/h3-9,14-15,20,22,31H,10-13,16H2,1-2H3,(H,26,32)(H,27,30)/t20-,22-,25-/m0/s1. The van der Waals surface area contributed by atoms with Gasteiger partial charge in [-0.3, -0.25) is 9.59 Å². The fourth-order valence-corrected chi connectivity index (χ4v) is 4.72. The Hall–Kier alpha value is -3.19. The van der Waals surface area contributed by atoms with Crippen molar-refractivity contribution in [3.8, 4) is 0 Å². The van der Waals surface area contributed by atoms with E-state index in [0.29, 0.717) is 31.5 Å². The molecule has 32 heavy (non-hydrogen) atoms. The van der Waals surface area contributed by atoms with E-state index in [4.69, 9.17) is 0 Å². The molecule has 1 fully saturated rings. The SMILES string of the molecule is CC(=O)N[C@H]1CC[C@](CNC(=O)c2cn3cc(C)ccc3n2)(c2ccccc2)CC[C@@H]1O. The molecule has 2 amide bonds. The van der Waals surface area contributed by atoms with Crippen molar-refractivity contribution in [2.75, 3.05) is 6.54 Å². The maximum atomic E-state index is 13.0. The second-order valence-electron chi connectivity index (χ2n) is 8.88. The minimum Gasteiger partial charge on any atom is -0.391 e. The molecule has 0 bridgehead atoms. The second-order valence-corrected chi connectivity index (χ2v) is 8.88. The number of aliphatic hydroxyl groups is 1. The van der Waals surface area contributed by atoms with Crippen molar-refractivity contribution in [3.05, 3.63) is 71.7 Å². The maximum Gasteiger partial charge on any atom is 0.271 e. The molecule has 3 aromatic rings. The van der Waals surface area contributed by atoms with E-state index in [0.717, 1.165) is 23.2 Å². The summed E-state index contributed by atoms with van der Waals surface area (Å²) in [5.74, 6) is -0.360. The number of nitrogens with one attached hydrogen (secondary N) is 2. The molecule has 1 aliphatic carbocycles. The average molecular weight is 435 g/mol. The number of benzene rings is 1. The van der Waals surface area contributed by atoms with Gasteiger partial charge >= 0.3 is 0 Å². The van der Waals surface area contributed by atoms with Crippen LogP contribution in [0.5, 0.6) is 0 Å². The van der Waals surface area contributed by atoms with Crippen molar-refractivity contribution < 1.29 is 14.7 Å². The summed E-state index contributed by atoms with van der Waals surface area (Å²) in [5.41, 5.74) is 3.00. The predicted molar refractivity (Wildman–Crippen MR) is 122 cm³/mol. The minimum absolute atomic E-state index is 0.142. The van der Waals surface area contributed by atoms with Gasteiger partial charge in [0, 0.05) is 31.3 Å². The Morgan fingerprint density at radius 2 is 1.88 bits per heavy atom. The van der Waals surface area contributed by atoms with Crippen molar-refractivity contribution in [1.82, 2.24) is 20.0 Å². The van der Waals surface area contributed by atoms with Gasteiger partial charge in [0.05, 0.1) is 12.1 Å². The first-order chi connectivity index (χ1) is 15.4. The molecule has 1 saturated carbocycles. The van der Waals surface area contributed by atoms with E-state index in [-0.39, 0.29) is 23.3 Å². The van der Waals surface area contributed by atoms with Gasteiger partial charge in [-0.25, -0.2) is 4.98 Å². The van der Waals surface area contributed by atoms with Gasteiger partial charge in [-0.05, 0) is 49.8 Å². The Balaban J connectivity index is 1.55. The number of nitrogens with zero attached hydrogens (tertiary/aromatic N) is 2. The van der Waals surface area contributed by atoms with E-state index in [1.165, 1.54) is 6.92 Å². The van der Waals surface area contributed by atoms with Gasteiger partial charge in [-0.2, -0.15) is 0 Å². The monoisotopic (exact) mass is 434 g/mol. The Morgan fingerprint density at radius 3 is 2.62 bits per heavy atom. The number of carbonyl (C=O) groups is 2. The summed E-state index contributed by atoms with van der Waals surface area (Å²) in [6.07, 6.45) is 5.71. The average Bonchev–Trinajstić information content (AvgIpc) is 3.14. The third kappa shape index (κ3) is 4.67. The summed E-state index contributed by atoms with van der Waals surface area (Å²) in [6.45, 7) is 3.90. The van der Waals surface area contributed by atoms with Gasteiger partial charge in [0.1, 0.15) is 11.3 Å². The van der Waals surface area contributed by atoms with E-state index in [1.807, 2.05) is 47.9 Å². The zero-order chi connectivity index (χ0) is 22.7. The summed E-state index contributed by atoms with van der Waals surface area (Å²) in [7, 11) is 0. The number of carbonyl (C=O) groups excluding carboxylic acids is 2. The van der Waals surface area contributed by atoms with E-state index >= 15 is 0 Å². The zero-order valence-corrected chi connectivity index (χ0v) is 18.5. The van der Waals surface area contributed by atoms with Gasteiger partial charge in [-0.15, -0.1) is 0 Å². The normalized spacial score (nSPS) is 23.5. The first-order valence-electron chi connectivity index (χ1n) is 11.1. The predicted octanol–water partition coefficient (Wildman–Crippen LogP) is 2.75. The summed E-state index contributed by atoms with van der Waals surface area (Å²) in [6, 6.07) is 13.7. The van der Waals surface area contributed by atoms with E-state index in [1.54, 1.807) is 6.20 Å². The maximum absolute atomic E-state index is 13.0. The Bertz CT molecular complexity index is 1110. The molecule has 0 aliphatic heterocycles. The largest absolute Gasteiger partial charge is 0.391 e. The lowest BCUT2D eigenvalue weighted by Gasteiger charge is -2.34. The smallest absolute Gasteiger partial charge is 0.271 e. The van der Waals surface area contributed by atoms with Gasteiger partial charge in [0.15, 0.2) is 0 Å². The van der Waals surface area contributed by atoms with Crippen LogP contribution in [0.15, 0.2) is 54.9 Å². The van der Waals surface area contributed by atoms with Crippen molar-refractivity contribution in [2.45, 2.75) is 57.1 Å². The van der Waals surface area contributed by atoms with Crippen LogP contribution in [0.1, 0.15) is 54.2 Å². The highest BCUT2D eigenvalue weighted by Crippen LogP contribution is 2.38. The van der Waals surface area contributed by atoms with Crippen LogP contribution in [-0.2, 0) is 10.2 Å². The number of imidazole rings is 1. The summed E-state index contributed by atoms with van der Waals surface area (Å²) in [5, 5.41) is 16.6. The van der Waals surface area contributed by atoms with Crippen LogP contribution in [0.2, 0.25) is 0 Å². The number of amides is 2. The van der Waals surface area contributed by atoms with Crippen molar-refractivity contribution in [1.29, 1.82) is 0 Å². The lowest BCUT2D eigenvalue weighted by Crippen LogP contribution is -2.42. The number of aliphatic hydroxyl groups excluding tert-OH is 1. The highest BCUT2D eigenvalue weighted by atomic mass is 16.3. The Kier molecular flexibility index (Phi) is 6.28. The number of aromatic nitrogens is 2. The van der Waals surface area contributed by atoms with Crippen LogP contribution in [0.25, 0.3) is 5.65 Å².